The highest BCUT2D eigenvalue weighted by Gasteiger charge is 2.10. The molecule has 1 heterocycles. The Labute approximate surface area is 166 Å². The maximum absolute atomic E-state index is 12.0. The molecule has 0 radical (unpaired) electrons. The van der Waals surface area contributed by atoms with Crippen molar-refractivity contribution in [2.24, 2.45) is 0 Å². The van der Waals surface area contributed by atoms with Gasteiger partial charge in [-0.3, -0.25) is 19.2 Å². The van der Waals surface area contributed by atoms with Crippen LogP contribution in [0.3, 0.4) is 0 Å². The third-order valence-corrected chi connectivity index (χ3v) is 4.36. The first kappa shape index (κ1) is 21.1. The first-order chi connectivity index (χ1) is 13.5. The number of thiophene rings is 1. The van der Waals surface area contributed by atoms with E-state index in [-0.39, 0.29) is 24.8 Å². The van der Waals surface area contributed by atoms with Crippen LogP contribution in [0.15, 0.2) is 41.1 Å². The van der Waals surface area contributed by atoms with Gasteiger partial charge < -0.3 is 20.7 Å². The van der Waals surface area contributed by atoms with Gasteiger partial charge in [-0.05, 0) is 36.1 Å². The summed E-state index contributed by atoms with van der Waals surface area (Å²) in [6, 6.07) is 8.11. The molecule has 0 aliphatic carbocycles. The van der Waals surface area contributed by atoms with Gasteiger partial charge in [0, 0.05) is 35.2 Å². The topological polar surface area (TPSA) is 114 Å². The summed E-state index contributed by atoms with van der Waals surface area (Å²) in [4.78, 5) is 46.9. The molecule has 2 rings (SSSR count). The summed E-state index contributed by atoms with van der Waals surface area (Å²) in [5, 5.41) is 11.5. The number of esters is 1. The fourth-order valence-electron chi connectivity index (χ4n) is 2.23. The van der Waals surface area contributed by atoms with Crippen molar-refractivity contribution in [2.45, 2.75) is 12.8 Å². The molecule has 3 N–H and O–H groups in total. The van der Waals surface area contributed by atoms with Gasteiger partial charge in [0.2, 0.25) is 5.91 Å². The third kappa shape index (κ3) is 6.84. The second kappa shape index (κ2) is 10.8. The summed E-state index contributed by atoms with van der Waals surface area (Å²) in [5.74, 6) is -1.38. The molecular formula is C19H21N3O5S. The first-order valence-corrected chi connectivity index (χ1v) is 9.49. The molecule has 0 spiro atoms. The maximum atomic E-state index is 12.0. The number of benzene rings is 1. The molecule has 0 saturated heterocycles. The highest BCUT2D eigenvalue weighted by atomic mass is 32.1. The van der Waals surface area contributed by atoms with Crippen molar-refractivity contribution in [3.63, 3.8) is 0 Å². The van der Waals surface area contributed by atoms with Crippen LogP contribution in [0.5, 0.6) is 0 Å². The Balaban J connectivity index is 1.75. The second-order valence-corrected chi connectivity index (χ2v) is 6.54. The monoisotopic (exact) mass is 403 g/mol. The lowest BCUT2D eigenvalue weighted by molar-refractivity contribution is -0.139. The van der Waals surface area contributed by atoms with Crippen LogP contribution < -0.4 is 16.0 Å². The number of amides is 3. The molecular weight excluding hydrogens is 382 g/mol. The van der Waals surface area contributed by atoms with Crippen LogP contribution in [0, 0.1) is 0 Å². The average molecular weight is 403 g/mol. The standard InChI is InChI=1S/C19H21N3O5S/c1-27-17(24)11-21-18(25)13-4-2-5-15(10-13)22-16(23)6-3-8-20-19(26)14-7-9-28-12-14/h2,4-5,7,9-10,12H,3,6,8,11H2,1H3,(H,20,26)(H,21,25)(H,22,23). The Morgan fingerprint density at radius 2 is 1.82 bits per heavy atom. The van der Waals surface area contributed by atoms with Crippen LogP contribution in [0.25, 0.3) is 0 Å². The Kier molecular flexibility index (Phi) is 8.16. The predicted octanol–water partition coefficient (Wildman–Crippen LogP) is 1.80. The van der Waals surface area contributed by atoms with Crippen LogP contribution in [-0.2, 0) is 14.3 Å². The molecule has 0 aliphatic rings. The van der Waals surface area contributed by atoms with Gasteiger partial charge in [-0.25, -0.2) is 0 Å². The number of methoxy groups -OCH3 is 1. The molecule has 28 heavy (non-hydrogen) atoms. The molecule has 2 aromatic rings. The minimum absolute atomic E-state index is 0.160. The van der Waals surface area contributed by atoms with E-state index in [1.807, 2.05) is 5.38 Å². The van der Waals surface area contributed by atoms with Gasteiger partial charge in [0.15, 0.2) is 0 Å². The van der Waals surface area contributed by atoms with Crippen molar-refractivity contribution in [1.29, 1.82) is 0 Å². The highest BCUT2D eigenvalue weighted by molar-refractivity contribution is 7.08. The van der Waals surface area contributed by atoms with Crippen molar-refractivity contribution in [1.82, 2.24) is 10.6 Å². The van der Waals surface area contributed by atoms with Gasteiger partial charge >= 0.3 is 5.97 Å². The van der Waals surface area contributed by atoms with Crippen LogP contribution in [-0.4, -0.2) is 43.9 Å². The van der Waals surface area contributed by atoms with E-state index in [1.165, 1.54) is 24.5 Å². The Morgan fingerprint density at radius 3 is 2.54 bits per heavy atom. The van der Waals surface area contributed by atoms with Gasteiger partial charge in [-0.15, -0.1) is 0 Å². The van der Waals surface area contributed by atoms with E-state index in [0.29, 0.717) is 29.8 Å². The first-order valence-electron chi connectivity index (χ1n) is 8.55. The summed E-state index contributed by atoms with van der Waals surface area (Å²) in [5.41, 5.74) is 1.39. The zero-order chi connectivity index (χ0) is 20.4. The Bertz CT molecular complexity index is 836. The number of hydrogen-bond acceptors (Lipinski definition) is 6. The molecule has 0 saturated carbocycles. The lowest BCUT2D eigenvalue weighted by atomic mass is 10.2. The minimum Gasteiger partial charge on any atom is -0.468 e. The molecule has 9 heteroatoms. The normalized spacial score (nSPS) is 10.0. The van der Waals surface area contributed by atoms with Gasteiger partial charge in [-0.2, -0.15) is 11.3 Å². The van der Waals surface area contributed by atoms with Crippen molar-refractivity contribution >= 4 is 40.7 Å². The van der Waals surface area contributed by atoms with Crippen molar-refractivity contribution in [3.05, 3.63) is 52.2 Å². The van der Waals surface area contributed by atoms with E-state index in [0.717, 1.165) is 0 Å². The Morgan fingerprint density at radius 1 is 1.04 bits per heavy atom. The lowest BCUT2D eigenvalue weighted by Gasteiger charge is -2.08. The molecule has 0 bridgehead atoms. The van der Waals surface area contributed by atoms with Crippen LogP contribution >= 0.6 is 11.3 Å². The number of nitrogens with one attached hydrogen (secondary N) is 3. The number of rotatable bonds is 9. The summed E-state index contributed by atoms with van der Waals surface area (Å²) in [6.45, 7) is 0.154. The van der Waals surface area contributed by atoms with E-state index in [4.69, 9.17) is 0 Å². The van der Waals surface area contributed by atoms with Crippen molar-refractivity contribution in [3.8, 4) is 0 Å². The number of carbonyl (C=O) groups excluding carboxylic acids is 4. The number of carbonyl (C=O) groups is 4. The fourth-order valence-corrected chi connectivity index (χ4v) is 2.87. The highest BCUT2D eigenvalue weighted by Crippen LogP contribution is 2.11. The van der Waals surface area contributed by atoms with Crippen molar-refractivity contribution in [2.75, 3.05) is 25.5 Å². The summed E-state index contributed by atoms with van der Waals surface area (Å²) in [7, 11) is 1.23. The van der Waals surface area contributed by atoms with Gasteiger partial charge in [0.1, 0.15) is 6.54 Å². The smallest absolute Gasteiger partial charge is 0.325 e. The molecule has 148 valence electrons. The minimum atomic E-state index is -0.552. The maximum Gasteiger partial charge on any atom is 0.325 e. The molecule has 1 aromatic heterocycles. The zero-order valence-corrected chi connectivity index (χ0v) is 16.1. The molecule has 8 nitrogen and oxygen atoms in total. The van der Waals surface area contributed by atoms with Crippen LogP contribution in [0.4, 0.5) is 5.69 Å². The molecule has 0 atom stereocenters. The summed E-state index contributed by atoms with van der Waals surface area (Å²) in [6.07, 6.45) is 0.712. The van der Waals surface area contributed by atoms with E-state index < -0.39 is 11.9 Å². The Hall–Kier alpha value is -3.20. The molecule has 3 amide bonds. The van der Waals surface area contributed by atoms with E-state index >= 15 is 0 Å². The third-order valence-electron chi connectivity index (χ3n) is 3.68. The fraction of sp³-hybridized carbons (Fsp3) is 0.263. The van der Waals surface area contributed by atoms with Crippen LogP contribution in [0.1, 0.15) is 33.6 Å². The van der Waals surface area contributed by atoms with Crippen molar-refractivity contribution < 1.29 is 23.9 Å². The SMILES string of the molecule is COC(=O)CNC(=O)c1cccc(NC(=O)CCCNC(=O)c2ccsc2)c1. The summed E-state index contributed by atoms with van der Waals surface area (Å²) >= 11 is 1.45. The predicted molar refractivity (Wildman–Crippen MR) is 105 cm³/mol. The molecule has 0 fully saturated rings. The average Bonchev–Trinajstić information content (AvgIpc) is 3.24. The van der Waals surface area contributed by atoms with Gasteiger partial charge in [0.05, 0.1) is 7.11 Å². The van der Waals surface area contributed by atoms with Crippen LogP contribution in [0.2, 0.25) is 0 Å². The van der Waals surface area contributed by atoms with E-state index in [1.54, 1.807) is 29.6 Å². The second-order valence-electron chi connectivity index (χ2n) is 5.76. The zero-order valence-electron chi connectivity index (χ0n) is 15.3. The van der Waals surface area contributed by atoms with E-state index in [2.05, 4.69) is 20.7 Å². The number of anilines is 1. The lowest BCUT2D eigenvalue weighted by Crippen LogP contribution is -2.30. The van der Waals surface area contributed by atoms with Gasteiger partial charge in [-0.1, -0.05) is 6.07 Å². The van der Waals surface area contributed by atoms with Gasteiger partial charge in [0.25, 0.3) is 11.8 Å². The molecule has 1 aromatic carbocycles. The quantitative estimate of drug-likeness (QED) is 0.436. The van der Waals surface area contributed by atoms with E-state index in [9.17, 15) is 19.2 Å². The molecule has 0 aliphatic heterocycles. The number of ether oxygens (including phenoxy) is 1. The largest absolute Gasteiger partial charge is 0.468 e. The summed E-state index contributed by atoms with van der Waals surface area (Å²) < 4.78 is 4.46. The molecule has 0 unspecified atom stereocenters. The number of hydrogen-bond donors (Lipinski definition) is 3.